The standard InChI is InChI=1S/C17H14N2O4/c20-16(18-11-14-3-1-9-22-14)12-5-7-13(8-6-12)19-17(21)15-4-2-10-23-15/h1-10H,11H2,(H,18,20)(H,19,21). The van der Waals surface area contributed by atoms with Gasteiger partial charge in [-0.2, -0.15) is 0 Å². The maximum Gasteiger partial charge on any atom is 0.291 e. The molecule has 0 radical (unpaired) electrons. The van der Waals surface area contributed by atoms with Crippen molar-refractivity contribution in [1.29, 1.82) is 0 Å². The summed E-state index contributed by atoms with van der Waals surface area (Å²) in [5, 5.41) is 5.43. The zero-order valence-corrected chi connectivity index (χ0v) is 12.1. The Morgan fingerprint density at radius 1 is 0.870 bits per heavy atom. The Hall–Kier alpha value is -3.28. The molecule has 1 aromatic carbocycles. The number of hydrogen-bond donors (Lipinski definition) is 2. The summed E-state index contributed by atoms with van der Waals surface area (Å²) >= 11 is 0. The molecule has 0 saturated heterocycles. The second-order valence-corrected chi connectivity index (χ2v) is 4.77. The van der Waals surface area contributed by atoms with E-state index in [9.17, 15) is 9.59 Å². The molecule has 0 aliphatic carbocycles. The van der Waals surface area contributed by atoms with Crippen molar-refractivity contribution in [1.82, 2.24) is 5.32 Å². The van der Waals surface area contributed by atoms with Crippen LogP contribution in [0.25, 0.3) is 0 Å². The van der Waals surface area contributed by atoms with Crippen molar-refractivity contribution in [2.24, 2.45) is 0 Å². The lowest BCUT2D eigenvalue weighted by Crippen LogP contribution is -2.22. The summed E-state index contributed by atoms with van der Waals surface area (Å²) in [4.78, 5) is 23.8. The lowest BCUT2D eigenvalue weighted by molar-refractivity contribution is 0.0947. The monoisotopic (exact) mass is 310 g/mol. The molecule has 0 bridgehead atoms. The van der Waals surface area contributed by atoms with E-state index in [1.165, 1.54) is 6.26 Å². The topological polar surface area (TPSA) is 84.5 Å². The van der Waals surface area contributed by atoms with Crippen molar-refractivity contribution in [3.05, 3.63) is 78.1 Å². The molecule has 0 saturated carbocycles. The number of nitrogens with one attached hydrogen (secondary N) is 2. The number of anilines is 1. The molecule has 0 spiro atoms. The van der Waals surface area contributed by atoms with E-state index in [2.05, 4.69) is 10.6 Å². The number of amides is 2. The van der Waals surface area contributed by atoms with E-state index < -0.39 is 0 Å². The van der Waals surface area contributed by atoms with Gasteiger partial charge in [0.1, 0.15) is 5.76 Å². The zero-order chi connectivity index (χ0) is 16.1. The fourth-order valence-electron chi connectivity index (χ4n) is 1.99. The molecule has 2 N–H and O–H groups in total. The van der Waals surface area contributed by atoms with Crippen LogP contribution in [0.1, 0.15) is 26.7 Å². The minimum absolute atomic E-state index is 0.217. The second-order valence-electron chi connectivity index (χ2n) is 4.77. The molecule has 0 aliphatic heterocycles. The number of rotatable bonds is 5. The molecule has 0 atom stereocenters. The Morgan fingerprint density at radius 3 is 2.26 bits per heavy atom. The maximum absolute atomic E-state index is 12.0. The third kappa shape index (κ3) is 3.68. The van der Waals surface area contributed by atoms with Crippen LogP contribution in [0.5, 0.6) is 0 Å². The quantitative estimate of drug-likeness (QED) is 0.758. The minimum atomic E-state index is -0.343. The van der Waals surface area contributed by atoms with Crippen LogP contribution in [0, 0.1) is 0 Å². The number of furan rings is 2. The first kappa shape index (κ1) is 14.6. The van der Waals surface area contributed by atoms with Gasteiger partial charge in [0.15, 0.2) is 5.76 Å². The van der Waals surface area contributed by atoms with Gasteiger partial charge in [-0.15, -0.1) is 0 Å². The van der Waals surface area contributed by atoms with Crippen LogP contribution < -0.4 is 10.6 Å². The summed E-state index contributed by atoms with van der Waals surface area (Å²) in [6.07, 6.45) is 2.99. The molecule has 116 valence electrons. The molecule has 0 unspecified atom stereocenters. The highest BCUT2D eigenvalue weighted by Gasteiger charge is 2.10. The number of carbonyl (C=O) groups excluding carboxylic acids is 2. The van der Waals surface area contributed by atoms with Crippen molar-refractivity contribution >= 4 is 17.5 Å². The number of hydrogen-bond acceptors (Lipinski definition) is 4. The van der Waals surface area contributed by atoms with Crippen molar-refractivity contribution in [2.45, 2.75) is 6.54 Å². The molecule has 6 heteroatoms. The first-order chi connectivity index (χ1) is 11.2. The molecular formula is C17H14N2O4. The molecule has 6 nitrogen and oxygen atoms in total. The van der Waals surface area contributed by atoms with E-state index in [1.54, 1.807) is 54.8 Å². The SMILES string of the molecule is O=C(NCc1ccco1)c1ccc(NC(=O)c2ccco2)cc1. The maximum atomic E-state index is 12.0. The third-order valence-electron chi connectivity index (χ3n) is 3.15. The Morgan fingerprint density at radius 2 is 1.61 bits per heavy atom. The van der Waals surface area contributed by atoms with Crippen LogP contribution in [-0.4, -0.2) is 11.8 Å². The van der Waals surface area contributed by atoms with Gasteiger partial charge in [0, 0.05) is 11.3 Å². The van der Waals surface area contributed by atoms with Crippen molar-refractivity contribution < 1.29 is 18.4 Å². The molecular weight excluding hydrogens is 296 g/mol. The Kier molecular flexibility index (Phi) is 4.24. The van der Waals surface area contributed by atoms with Gasteiger partial charge >= 0.3 is 0 Å². The summed E-state index contributed by atoms with van der Waals surface area (Å²) in [5.74, 6) is 0.348. The Balaban J connectivity index is 1.58. The van der Waals surface area contributed by atoms with Crippen LogP contribution in [0.3, 0.4) is 0 Å². The van der Waals surface area contributed by atoms with Gasteiger partial charge in [-0.05, 0) is 48.5 Å². The summed E-state index contributed by atoms with van der Waals surface area (Å²) in [6, 6.07) is 13.3. The Bertz CT molecular complexity index is 775. The van der Waals surface area contributed by atoms with Gasteiger partial charge in [0.2, 0.25) is 0 Å². The minimum Gasteiger partial charge on any atom is -0.467 e. The molecule has 2 aromatic heterocycles. The van der Waals surface area contributed by atoms with E-state index in [1.807, 2.05) is 0 Å². The fraction of sp³-hybridized carbons (Fsp3) is 0.0588. The van der Waals surface area contributed by atoms with E-state index >= 15 is 0 Å². The third-order valence-corrected chi connectivity index (χ3v) is 3.15. The average molecular weight is 310 g/mol. The van der Waals surface area contributed by atoms with Crippen LogP contribution in [0.15, 0.2) is 69.9 Å². The second kappa shape index (κ2) is 6.65. The number of benzene rings is 1. The zero-order valence-electron chi connectivity index (χ0n) is 12.1. The average Bonchev–Trinajstić information content (AvgIpc) is 3.26. The summed E-state index contributed by atoms with van der Waals surface area (Å²) in [7, 11) is 0. The smallest absolute Gasteiger partial charge is 0.291 e. The fourth-order valence-corrected chi connectivity index (χ4v) is 1.99. The van der Waals surface area contributed by atoms with Gasteiger partial charge in [0.25, 0.3) is 11.8 Å². The molecule has 23 heavy (non-hydrogen) atoms. The van der Waals surface area contributed by atoms with Crippen molar-refractivity contribution in [3.8, 4) is 0 Å². The van der Waals surface area contributed by atoms with Gasteiger partial charge in [0.05, 0.1) is 19.1 Å². The first-order valence-electron chi connectivity index (χ1n) is 6.98. The van der Waals surface area contributed by atoms with E-state index in [4.69, 9.17) is 8.83 Å². The molecule has 2 amide bonds. The Labute approximate surface area is 132 Å². The van der Waals surface area contributed by atoms with Crippen molar-refractivity contribution in [3.63, 3.8) is 0 Å². The van der Waals surface area contributed by atoms with E-state index in [-0.39, 0.29) is 17.6 Å². The van der Waals surface area contributed by atoms with E-state index in [0.29, 0.717) is 23.6 Å². The molecule has 2 heterocycles. The summed E-state index contributed by atoms with van der Waals surface area (Å²) in [6.45, 7) is 0.322. The molecule has 3 aromatic rings. The predicted molar refractivity (Wildman–Crippen MR) is 83.0 cm³/mol. The molecule has 3 rings (SSSR count). The highest BCUT2D eigenvalue weighted by atomic mass is 16.3. The van der Waals surface area contributed by atoms with Crippen LogP contribution in [0.2, 0.25) is 0 Å². The van der Waals surface area contributed by atoms with Crippen LogP contribution >= 0.6 is 0 Å². The lowest BCUT2D eigenvalue weighted by atomic mass is 10.2. The number of carbonyl (C=O) groups is 2. The highest BCUT2D eigenvalue weighted by Crippen LogP contribution is 2.12. The predicted octanol–water partition coefficient (Wildman–Crippen LogP) is 3.05. The van der Waals surface area contributed by atoms with E-state index in [0.717, 1.165) is 0 Å². The normalized spacial score (nSPS) is 10.3. The van der Waals surface area contributed by atoms with Crippen LogP contribution in [0.4, 0.5) is 5.69 Å². The first-order valence-corrected chi connectivity index (χ1v) is 6.98. The summed E-state index contributed by atoms with van der Waals surface area (Å²) in [5.41, 5.74) is 1.07. The van der Waals surface area contributed by atoms with Gasteiger partial charge in [-0.1, -0.05) is 0 Å². The van der Waals surface area contributed by atoms with Gasteiger partial charge < -0.3 is 19.5 Å². The summed E-state index contributed by atoms with van der Waals surface area (Å²) < 4.78 is 10.2. The van der Waals surface area contributed by atoms with Gasteiger partial charge in [-0.25, -0.2) is 0 Å². The molecule has 0 fully saturated rings. The lowest BCUT2D eigenvalue weighted by Gasteiger charge is -2.06. The van der Waals surface area contributed by atoms with Crippen molar-refractivity contribution in [2.75, 3.05) is 5.32 Å². The van der Waals surface area contributed by atoms with Crippen LogP contribution in [-0.2, 0) is 6.54 Å². The largest absolute Gasteiger partial charge is 0.467 e. The molecule has 0 aliphatic rings. The van der Waals surface area contributed by atoms with Gasteiger partial charge in [-0.3, -0.25) is 9.59 Å². The highest BCUT2D eigenvalue weighted by molar-refractivity contribution is 6.02.